The highest BCUT2D eigenvalue weighted by Crippen LogP contribution is 2.32. The molecule has 0 aliphatic heterocycles. The summed E-state index contributed by atoms with van der Waals surface area (Å²) in [4.78, 5) is 28.5. The van der Waals surface area contributed by atoms with Crippen molar-refractivity contribution < 1.29 is 23.1 Å². The first-order valence-corrected chi connectivity index (χ1v) is 11.3. The first-order chi connectivity index (χ1) is 16.1. The van der Waals surface area contributed by atoms with Crippen molar-refractivity contribution in [2.45, 2.75) is 39.0 Å². The van der Waals surface area contributed by atoms with Crippen LogP contribution in [-0.4, -0.2) is 24.0 Å². The summed E-state index contributed by atoms with van der Waals surface area (Å²) < 4.78 is 29.6. The predicted molar refractivity (Wildman–Crippen MR) is 126 cm³/mol. The highest BCUT2D eigenvalue weighted by molar-refractivity contribution is 7.08. The van der Waals surface area contributed by atoms with Crippen LogP contribution in [0.15, 0.2) is 65.4 Å². The molecular formula is C25H23F2N3O3S. The predicted octanol–water partition coefficient (Wildman–Crippen LogP) is 5.52. The zero-order valence-corrected chi connectivity index (χ0v) is 19.6. The lowest BCUT2D eigenvalue weighted by Crippen LogP contribution is -2.49. The fraction of sp³-hybridized carbons (Fsp3) is 0.240. The van der Waals surface area contributed by atoms with Crippen molar-refractivity contribution in [1.82, 2.24) is 5.32 Å². The van der Waals surface area contributed by atoms with E-state index in [4.69, 9.17) is 5.26 Å². The van der Waals surface area contributed by atoms with Crippen LogP contribution in [0.2, 0.25) is 0 Å². The molecule has 9 heteroatoms. The maximum Gasteiger partial charge on any atom is 0.387 e. The molecule has 3 rings (SSSR count). The van der Waals surface area contributed by atoms with Crippen LogP contribution in [0.25, 0.3) is 0 Å². The Labute approximate surface area is 200 Å². The van der Waals surface area contributed by atoms with Crippen LogP contribution in [0.4, 0.5) is 14.5 Å². The van der Waals surface area contributed by atoms with E-state index in [9.17, 15) is 18.4 Å². The Morgan fingerprint density at radius 3 is 2.21 bits per heavy atom. The quantitative estimate of drug-likeness (QED) is 0.479. The number of alkyl halides is 2. The molecule has 0 saturated heterocycles. The maximum absolute atomic E-state index is 13.7. The number of rotatable bonds is 7. The molecule has 0 bridgehead atoms. The molecular weight excluding hydrogens is 460 g/mol. The minimum Gasteiger partial charge on any atom is -0.435 e. The number of thiophene rings is 1. The molecule has 0 saturated carbocycles. The Balaban J connectivity index is 2.12. The van der Waals surface area contributed by atoms with Crippen molar-refractivity contribution in [1.29, 1.82) is 5.26 Å². The van der Waals surface area contributed by atoms with Gasteiger partial charge in [-0.2, -0.15) is 25.4 Å². The molecule has 2 amide bonds. The van der Waals surface area contributed by atoms with Crippen LogP contribution in [0.3, 0.4) is 0 Å². The molecule has 1 atom stereocenters. The summed E-state index contributed by atoms with van der Waals surface area (Å²) in [6.07, 6.45) is 0. The second-order valence-corrected chi connectivity index (χ2v) is 9.22. The molecule has 34 heavy (non-hydrogen) atoms. The summed E-state index contributed by atoms with van der Waals surface area (Å²) in [5.41, 5.74) is 0.994. The van der Waals surface area contributed by atoms with Crippen molar-refractivity contribution in [3.8, 4) is 11.8 Å². The fourth-order valence-corrected chi connectivity index (χ4v) is 3.96. The van der Waals surface area contributed by atoms with Crippen molar-refractivity contribution in [2.24, 2.45) is 0 Å². The SMILES string of the molecule is CC(C)(C)NC(=O)C(c1ccsc1)N(C(=O)c1ccc(C#N)cc1)c1ccc(OC(F)F)cc1. The average Bonchev–Trinajstić information content (AvgIpc) is 3.30. The van der Waals surface area contributed by atoms with Gasteiger partial charge in [-0.3, -0.25) is 14.5 Å². The van der Waals surface area contributed by atoms with Gasteiger partial charge in [0.2, 0.25) is 5.91 Å². The topological polar surface area (TPSA) is 82.4 Å². The summed E-state index contributed by atoms with van der Waals surface area (Å²) in [6, 6.07) is 14.3. The second kappa shape index (κ2) is 10.4. The number of nitrogens with one attached hydrogen (secondary N) is 1. The lowest BCUT2D eigenvalue weighted by Gasteiger charge is -2.33. The van der Waals surface area contributed by atoms with E-state index >= 15 is 0 Å². The van der Waals surface area contributed by atoms with Gasteiger partial charge in [-0.15, -0.1) is 0 Å². The van der Waals surface area contributed by atoms with Gasteiger partial charge in [0, 0.05) is 16.8 Å². The van der Waals surface area contributed by atoms with E-state index in [0.717, 1.165) is 0 Å². The first-order valence-electron chi connectivity index (χ1n) is 10.3. The van der Waals surface area contributed by atoms with Crippen molar-refractivity contribution in [3.63, 3.8) is 0 Å². The van der Waals surface area contributed by atoms with Gasteiger partial charge in [0.05, 0.1) is 11.6 Å². The van der Waals surface area contributed by atoms with Gasteiger partial charge < -0.3 is 10.1 Å². The Bertz CT molecular complexity index is 1170. The van der Waals surface area contributed by atoms with Gasteiger partial charge in [-0.05, 0) is 91.7 Å². The van der Waals surface area contributed by atoms with Gasteiger partial charge in [0.25, 0.3) is 5.91 Å². The Morgan fingerprint density at radius 2 is 1.71 bits per heavy atom. The molecule has 3 aromatic rings. The number of nitriles is 1. The normalized spacial score (nSPS) is 12.0. The highest BCUT2D eigenvalue weighted by Gasteiger charge is 2.35. The minimum absolute atomic E-state index is 0.0734. The van der Waals surface area contributed by atoms with E-state index in [0.29, 0.717) is 16.8 Å². The molecule has 0 radical (unpaired) electrons. The van der Waals surface area contributed by atoms with Gasteiger partial charge in [0.1, 0.15) is 11.8 Å². The zero-order valence-electron chi connectivity index (χ0n) is 18.8. The van der Waals surface area contributed by atoms with Gasteiger partial charge >= 0.3 is 6.61 Å². The summed E-state index contributed by atoms with van der Waals surface area (Å²) in [6.45, 7) is 2.51. The molecule has 1 aromatic heterocycles. The number of amides is 2. The van der Waals surface area contributed by atoms with Crippen LogP contribution in [0.5, 0.6) is 5.75 Å². The van der Waals surface area contributed by atoms with E-state index in [-0.39, 0.29) is 11.3 Å². The third kappa shape index (κ3) is 6.17. The molecule has 0 aliphatic rings. The second-order valence-electron chi connectivity index (χ2n) is 8.44. The van der Waals surface area contributed by atoms with Gasteiger partial charge in [0.15, 0.2) is 0 Å². The van der Waals surface area contributed by atoms with E-state index in [2.05, 4.69) is 10.1 Å². The first kappa shape index (κ1) is 24.9. The third-order valence-corrected chi connectivity index (χ3v) is 5.38. The molecule has 0 spiro atoms. The Morgan fingerprint density at radius 1 is 1.06 bits per heavy atom. The molecule has 2 aromatic carbocycles. The monoisotopic (exact) mass is 483 g/mol. The standard InChI is InChI=1S/C25H23F2N3O3S/c1-25(2,3)29-22(31)21(18-12-13-34-15-18)30(19-8-10-20(11-9-19)33-24(26)27)23(32)17-6-4-16(14-28)5-7-17/h4-13,15,21,24H,1-3H3,(H,29,31). The smallest absolute Gasteiger partial charge is 0.387 e. The van der Waals surface area contributed by atoms with Crippen LogP contribution >= 0.6 is 11.3 Å². The van der Waals surface area contributed by atoms with Crippen LogP contribution in [0, 0.1) is 11.3 Å². The van der Waals surface area contributed by atoms with Crippen molar-refractivity contribution in [2.75, 3.05) is 4.90 Å². The molecule has 6 nitrogen and oxygen atoms in total. The van der Waals surface area contributed by atoms with Crippen LogP contribution in [0.1, 0.15) is 48.3 Å². The van der Waals surface area contributed by atoms with Crippen LogP contribution in [-0.2, 0) is 4.79 Å². The van der Waals surface area contributed by atoms with E-state index in [1.54, 1.807) is 16.8 Å². The number of benzene rings is 2. The largest absolute Gasteiger partial charge is 0.435 e. The number of nitrogens with zero attached hydrogens (tertiary/aromatic N) is 2. The number of ether oxygens (including phenoxy) is 1. The van der Waals surface area contributed by atoms with Crippen LogP contribution < -0.4 is 15.0 Å². The van der Waals surface area contributed by atoms with Gasteiger partial charge in [-0.1, -0.05) is 0 Å². The number of hydrogen-bond donors (Lipinski definition) is 1. The summed E-state index contributed by atoms with van der Waals surface area (Å²) in [7, 11) is 0. The van der Waals surface area contributed by atoms with E-state index < -0.39 is 30.0 Å². The van der Waals surface area contributed by atoms with Gasteiger partial charge in [-0.25, -0.2) is 0 Å². The van der Waals surface area contributed by atoms with Crippen molar-refractivity contribution in [3.05, 3.63) is 82.0 Å². The molecule has 0 fully saturated rings. The molecule has 1 unspecified atom stereocenters. The molecule has 1 heterocycles. The average molecular weight is 484 g/mol. The number of anilines is 1. The lowest BCUT2D eigenvalue weighted by atomic mass is 10.0. The zero-order chi connectivity index (χ0) is 24.9. The minimum atomic E-state index is -2.99. The molecule has 176 valence electrons. The third-order valence-electron chi connectivity index (χ3n) is 4.68. The fourth-order valence-electron chi connectivity index (χ4n) is 3.28. The number of carbonyl (C=O) groups excluding carboxylic acids is 2. The molecule has 1 N–H and O–H groups in total. The molecule has 0 aliphatic carbocycles. The number of carbonyl (C=O) groups is 2. The summed E-state index contributed by atoms with van der Waals surface area (Å²) >= 11 is 1.38. The summed E-state index contributed by atoms with van der Waals surface area (Å²) in [5, 5.41) is 15.6. The highest BCUT2D eigenvalue weighted by atomic mass is 32.1. The lowest BCUT2D eigenvalue weighted by molar-refractivity contribution is -0.123. The summed E-state index contributed by atoms with van der Waals surface area (Å²) in [5.74, 6) is -0.969. The van der Waals surface area contributed by atoms with E-state index in [1.165, 1.54) is 64.8 Å². The number of halogens is 2. The maximum atomic E-state index is 13.7. The Hall–Kier alpha value is -3.77. The van der Waals surface area contributed by atoms with Crippen molar-refractivity contribution >= 4 is 28.8 Å². The number of hydrogen-bond acceptors (Lipinski definition) is 5. The Kier molecular flexibility index (Phi) is 7.64. The van der Waals surface area contributed by atoms with E-state index in [1.807, 2.05) is 26.8 Å².